The van der Waals surface area contributed by atoms with Gasteiger partial charge in [0.1, 0.15) is 6.04 Å². The molecule has 2 rings (SSSR count). The van der Waals surface area contributed by atoms with Crippen LogP contribution in [0.5, 0.6) is 0 Å². The Morgan fingerprint density at radius 1 is 1.35 bits per heavy atom. The Bertz CT molecular complexity index is 478. The van der Waals surface area contributed by atoms with E-state index in [4.69, 9.17) is 0 Å². The Morgan fingerprint density at radius 2 is 2.05 bits per heavy atom. The van der Waals surface area contributed by atoms with Crippen LogP contribution in [0, 0.1) is 0 Å². The Hall–Kier alpha value is -1.49. The number of nitrogens with zero attached hydrogens (tertiary/aromatic N) is 1. The van der Waals surface area contributed by atoms with Gasteiger partial charge in [-0.25, -0.2) is 0 Å². The van der Waals surface area contributed by atoms with Crippen molar-refractivity contribution in [2.75, 3.05) is 19.3 Å². The molecule has 1 heterocycles. The zero-order valence-corrected chi connectivity index (χ0v) is 12.7. The average molecular weight is 292 g/mol. The first-order valence-corrected chi connectivity index (χ1v) is 8.04. The van der Waals surface area contributed by atoms with Gasteiger partial charge in [-0.3, -0.25) is 9.59 Å². The summed E-state index contributed by atoms with van der Waals surface area (Å²) in [7, 11) is 0. The molecule has 4 nitrogen and oxygen atoms in total. The van der Waals surface area contributed by atoms with Gasteiger partial charge in [0.05, 0.1) is 6.54 Å². The minimum absolute atomic E-state index is 0.0225. The van der Waals surface area contributed by atoms with Crippen LogP contribution in [0.4, 0.5) is 0 Å². The second-order valence-electron chi connectivity index (χ2n) is 5.07. The lowest BCUT2D eigenvalue weighted by Gasteiger charge is -2.33. The summed E-state index contributed by atoms with van der Waals surface area (Å²) in [5.74, 6) is -0.0480. The predicted octanol–water partition coefficient (Wildman–Crippen LogP) is 1.31. The summed E-state index contributed by atoms with van der Waals surface area (Å²) in [6.45, 7) is 2.87. The van der Waals surface area contributed by atoms with Gasteiger partial charge < -0.3 is 10.2 Å². The molecule has 0 aromatic heterocycles. The lowest BCUT2D eigenvalue weighted by Crippen LogP contribution is -2.59. The van der Waals surface area contributed by atoms with Crippen LogP contribution in [0.15, 0.2) is 30.3 Å². The normalized spacial score (nSPS) is 20.7. The van der Waals surface area contributed by atoms with E-state index in [0.29, 0.717) is 18.2 Å². The van der Waals surface area contributed by atoms with Crippen molar-refractivity contribution in [3.8, 4) is 0 Å². The molecule has 1 aromatic carbocycles. The number of thioether (sulfide) groups is 1. The summed E-state index contributed by atoms with van der Waals surface area (Å²) in [4.78, 5) is 25.9. The van der Waals surface area contributed by atoms with Crippen molar-refractivity contribution in [2.24, 2.45) is 0 Å². The minimum Gasteiger partial charge on any atom is -0.342 e. The van der Waals surface area contributed by atoms with Crippen molar-refractivity contribution < 1.29 is 9.59 Å². The van der Waals surface area contributed by atoms with E-state index in [1.165, 1.54) is 0 Å². The summed E-state index contributed by atoms with van der Waals surface area (Å²) in [5, 5.41) is 3.13. The maximum Gasteiger partial charge on any atom is 0.245 e. The van der Waals surface area contributed by atoms with Crippen molar-refractivity contribution >= 4 is 23.6 Å². The van der Waals surface area contributed by atoms with E-state index >= 15 is 0 Å². The summed E-state index contributed by atoms with van der Waals surface area (Å²) < 4.78 is 0. The van der Waals surface area contributed by atoms with Crippen LogP contribution in [-0.2, 0) is 16.0 Å². The highest BCUT2D eigenvalue weighted by Crippen LogP contribution is 2.13. The van der Waals surface area contributed by atoms with Crippen LogP contribution < -0.4 is 5.32 Å². The number of benzene rings is 1. The highest BCUT2D eigenvalue weighted by Gasteiger charge is 2.32. The molecule has 1 fully saturated rings. The number of nitrogens with one attached hydrogen (secondary N) is 1. The Labute approximate surface area is 123 Å². The number of amides is 2. The Morgan fingerprint density at radius 3 is 2.70 bits per heavy atom. The highest BCUT2D eigenvalue weighted by molar-refractivity contribution is 7.99. The summed E-state index contributed by atoms with van der Waals surface area (Å²) in [6, 6.07) is 9.34. The summed E-state index contributed by atoms with van der Waals surface area (Å²) in [6.07, 6.45) is 2.57. The van der Waals surface area contributed by atoms with E-state index in [-0.39, 0.29) is 18.4 Å². The van der Waals surface area contributed by atoms with Gasteiger partial charge >= 0.3 is 0 Å². The molecule has 108 valence electrons. The SMILES string of the molecule is CSC(C)CN1CC(=O)NC(Cc2ccccc2)C1=O. The number of carbonyl (C=O) groups excluding carboxylic acids is 2. The highest BCUT2D eigenvalue weighted by atomic mass is 32.2. The van der Waals surface area contributed by atoms with Gasteiger partial charge in [0.2, 0.25) is 11.8 Å². The Kier molecular flexibility index (Phi) is 5.06. The standard InChI is InChI=1S/C15H20N2O2S/c1-11(20-2)9-17-10-14(18)16-13(15(17)19)8-12-6-4-3-5-7-12/h3-7,11,13H,8-10H2,1-2H3,(H,16,18). The molecule has 0 spiro atoms. The van der Waals surface area contributed by atoms with Crippen LogP contribution in [0.25, 0.3) is 0 Å². The summed E-state index contributed by atoms with van der Waals surface area (Å²) >= 11 is 1.70. The van der Waals surface area contributed by atoms with E-state index in [1.54, 1.807) is 16.7 Å². The van der Waals surface area contributed by atoms with Gasteiger partial charge in [0.15, 0.2) is 0 Å². The topological polar surface area (TPSA) is 49.4 Å². The first kappa shape index (κ1) is 14.9. The molecule has 1 N–H and O–H groups in total. The van der Waals surface area contributed by atoms with Crippen molar-refractivity contribution in [3.05, 3.63) is 35.9 Å². The second kappa shape index (κ2) is 6.79. The molecule has 2 atom stereocenters. The fraction of sp³-hybridized carbons (Fsp3) is 0.467. The van der Waals surface area contributed by atoms with E-state index < -0.39 is 6.04 Å². The predicted molar refractivity (Wildman–Crippen MR) is 81.6 cm³/mol. The molecule has 2 amide bonds. The lowest BCUT2D eigenvalue weighted by molar-refractivity contribution is -0.144. The van der Waals surface area contributed by atoms with Gasteiger partial charge in [-0.05, 0) is 11.8 Å². The molecule has 0 aliphatic carbocycles. The molecular formula is C15H20N2O2S. The first-order valence-electron chi connectivity index (χ1n) is 6.75. The molecule has 5 heteroatoms. The van der Waals surface area contributed by atoms with Crippen molar-refractivity contribution in [1.82, 2.24) is 10.2 Å². The van der Waals surface area contributed by atoms with Gasteiger partial charge in [-0.15, -0.1) is 0 Å². The minimum atomic E-state index is -0.437. The maximum absolute atomic E-state index is 12.4. The molecule has 1 saturated heterocycles. The number of piperazine rings is 1. The van der Waals surface area contributed by atoms with E-state index in [2.05, 4.69) is 12.2 Å². The van der Waals surface area contributed by atoms with Crippen LogP contribution in [0.1, 0.15) is 12.5 Å². The monoisotopic (exact) mass is 292 g/mol. The fourth-order valence-corrected chi connectivity index (χ4v) is 2.63. The second-order valence-corrected chi connectivity index (χ2v) is 6.35. The van der Waals surface area contributed by atoms with Gasteiger partial charge in [0.25, 0.3) is 0 Å². The molecule has 1 aliphatic rings. The smallest absolute Gasteiger partial charge is 0.245 e. The van der Waals surface area contributed by atoms with Crippen LogP contribution in [0.3, 0.4) is 0 Å². The van der Waals surface area contributed by atoms with Crippen molar-refractivity contribution in [2.45, 2.75) is 24.6 Å². The number of hydrogen-bond acceptors (Lipinski definition) is 3. The number of hydrogen-bond donors (Lipinski definition) is 1. The maximum atomic E-state index is 12.4. The Balaban J connectivity index is 2.05. The third-order valence-electron chi connectivity index (χ3n) is 3.44. The van der Waals surface area contributed by atoms with Crippen LogP contribution in [-0.4, -0.2) is 47.4 Å². The van der Waals surface area contributed by atoms with E-state index in [9.17, 15) is 9.59 Å². The lowest BCUT2D eigenvalue weighted by atomic mass is 10.0. The third-order valence-corrected chi connectivity index (χ3v) is 4.40. The zero-order chi connectivity index (χ0) is 14.5. The third kappa shape index (κ3) is 3.76. The van der Waals surface area contributed by atoms with Crippen LogP contribution in [0.2, 0.25) is 0 Å². The zero-order valence-electron chi connectivity index (χ0n) is 11.8. The molecule has 1 aliphatic heterocycles. The molecule has 2 unspecified atom stereocenters. The summed E-state index contributed by atoms with van der Waals surface area (Å²) in [5.41, 5.74) is 1.06. The van der Waals surface area contributed by atoms with Crippen LogP contribution >= 0.6 is 11.8 Å². The van der Waals surface area contributed by atoms with Gasteiger partial charge in [-0.1, -0.05) is 37.3 Å². The van der Waals surface area contributed by atoms with Gasteiger partial charge in [-0.2, -0.15) is 11.8 Å². The fourth-order valence-electron chi connectivity index (χ4n) is 2.30. The van der Waals surface area contributed by atoms with Gasteiger partial charge in [0, 0.05) is 18.2 Å². The van der Waals surface area contributed by atoms with Crippen molar-refractivity contribution in [1.29, 1.82) is 0 Å². The first-order chi connectivity index (χ1) is 9.60. The number of rotatable bonds is 5. The number of carbonyl (C=O) groups is 2. The average Bonchev–Trinajstić information content (AvgIpc) is 2.45. The molecule has 20 heavy (non-hydrogen) atoms. The largest absolute Gasteiger partial charge is 0.342 e. The van der Waals surface area contributed by atoms with E-state index in [0.717, 1.165) is 5.56 Å². The molecule has 0 radical (unpaired) electrons. The molecule has 0 bridgehead atoms. The molecular weight excluding hydrogens is 272 g/mol. The quantitative estimate of drug-likeness (QED) is 0.890. The molecule has 0 saturated carbocycles. The van der Waals surface area contributed by atoms with E-state index in [1.807, 2.05) is 36.6 Å². The molecule has 1 aromatic rings. The van der Waals surface area contributed by atoms with Crippen molar-refractivity contribution in [3.63, 3.8) is 0 Å².